The average molecular weight is 445 g/mol. The van der Waals surface area contributed by atoms with Gasteiger partial charge in [-0.2, -0.15) is 0 Å². The molecule has 6 heteroatoms. The molecule has 0 saturated heterocycles. The Bertz CT molecular complexity index is 1140. The first kappa shape index (κ1) is 23.6. The van der Waals surface area contributed by atoms with Crippen molar-refractivity contribution in [1.82, 2.24) is 0 Å². The van der Waals surface area contributed by atoms with Crippen molar-refractivity contribution in [2.45, 2.75) is 20.3 Å². The number of hydrogen-bond donors (Lipinski definition) is 2. The molecule has 0 aliphatic rings. The van der Waals surface area contributed by atoms with E-state index in [0.717, 1.165) is 34.5 Å². The van der Waals surface area contributed by atoms with Crippen molar-refractivity contribution in [3.63, 3.8) is 0 Å². The first-order valence-electron chi connectivity index (χ1n) is 10.8. The lowest BCUT2D eigenvalue weighted by Crippen LogP contribution is -2.31. The maximum Gasteiger partial charge on any atom is 0.371 e. The Morgan fingerprint density at radius 2 is 1.67 bits per heavy atom. The van der Waals surface area contributed by atoms with E-state index in [0.29, 0.717) is 0 Å². The molecule has 0 fully saturated rings. The van der Waals surface area contributed by atoms with Gasteiger partial charge >= 0.3 is 12.0 Å². The van der Waals surface area contributed by atoms with Crippen molar-refractivity contribution in [2.75, 3.05) is 23.9 Å². The van der Waals surface area contributed by atoms with Crippen LogP contribution < -0.4 is 10.2 Å². The number of hydrogen-bond acceptors (Lipinski definition) is 3. The molecule has 0 saturated carbocycles. The van der Waals surface area contributed by atoms with Crippen LogP contribution in [0.2, 0.25) is 0 Å². The van der Waals surface area contributed by atoms with Gasteiger partial charge in [-0.15, -0.1) is 0 Å². The Kier molecular flexibility index (Phi) is 7.86. The number of urea groups is 1. The van der Waals surface area contributed by atoms with Gasteiger partial charge in [-0.3, -0.25) is 4.90 Å². The summed E-state index contributed by atoms with van der Waals surface area (Å²) >= 11 is 0. The molecule has 170 valence electrons. The third-order valence-corrected chi connectivity index (χ3v) is 5.20. The average Bonchev–Trinajstić information content (AvgIpc) is 2.84. The number of aliphatic carboxylic acids is 1. The molecular formula is C27H28N2O4. The normalized spacial score (nSPS) is 11.1. The summed E-state index contributed by atoms with van der Waals surface area (Å²) in [5.74, 6) is -1.19. The van der Waals surface area contributed by atoms with Crippen LogP contribution in [-0.2, 0) is 16.0 Å². The summed E-state index contributed by atoms with van der Waals surface area (Å²) in [7, 11) is 1.73. The van der Waals surface area contributed by atoms with Crippen LogP contribution in [0.1, 0.15) is 25.0 Å². The van der Waals surface area contributed by atoms with Crippen LogP contribution >= 0.6 is 0 Å². The fraction of sp³-hybridized carbons (Fsp3) is 0.185. The maximum absolute atomic E-state index is 12.7. The van der Waals surface area contributed by atoms with Crippen molar-refractivity contribution in [3.8, 4) is 11.1 Å². The number of carboxylic acids is 1. The molecule has 0 bridgehead atoms. The molecule has 3 aromatic carbocycles. The molecule has 3 aromatic rings. The highest BCUT2D eigenvalue weighted by Gasteiger charge is 2.12. The van der Waals surface area contributed by atoms with E-state index >= 15 is 0 Å². The van der Waals surface area contributed by atoms with E-state index in [1.54, 1.807) is 18.9 Å². The van der Waals surface area contributed by atoms with E-state index in [4.69, 9.17) is 4.74 Å². The van der Waals surface area contributed by atoms with Gasteiger partial charge < -0.3 is 15.2 Å². The van der Waals surface area contributed by atoms with Crippen molar-refractivity contribution in [2.24, 2.45) is 0 Å². The zero-order valence-corrected chi connectivity index (χ0v) is 19.0. The van der Waals surface area contributed by atoms with Gasteiger partial charge in [0.1, 0.15) is 0 Å². The predicted molar refractivity (Wildman–Crippen MR) is 132 cm³/mol. The van der Waals surface area contributed by atoms with Gasteiger partial charge in [0.05, 0.1) is 6.61 Å². The minimum Gasteiger partial charge on any atom is -0.487 e. The van der Waals surface area contributed by atoms with E-state index in [2.05, 4.69) is 12.2 Å². The van der Waals surface area contributed by atoms with Crippen molar-refractivity contribution in [1.29, 1.82) is 0 Å². The summed E-state index contributed by atoms with van der Waals surface area (Å²) in [6, 6.07) is 22.7. The number of nitrogens with zero attached hydrogens (tertiary/aromatic N) is 1. The number of carbonyl (C=O) groups excluding carboxylic acids is 1. The summed E-state index contributed by atoms with van der Waals surface area (Å²) in [6.07, 6.45) is 2.45. The summed E-state index contributed by atoms with van der Waals surface area (Å²) in [5, 5.41) is 12.1. The highest BCUT2D eigenvalue weighted by atomic mass is 16.5. The second-order valence-corrected chi connectivity index (χ2v) is 7.46. The van der Waals surface area contributed by atoms with Crippen LogP contribution in [0.25, 0.3) is 17.2 Å². The van der Waals surface area contributed by atoms with Crippen LogP contribution in [0.3, 0.4) is 0 Å². The number of benzene rings is 3. The molecule has 0 aromatic heterocycles. The van der Waals surface area contributed by atoms with Crippen molar-refractivity contribution >= 4 is 29.5 Å². The van der Waals surface area contributed by atoms with Gasteiger partial charge in [0.15, 0.2) is 0 Å². The summed E-state index contributed by atoms with van der Waals surface area (Å²) in [6.45, 7) is 4.12. The Hall–Kier alpha value is -4.06. The number of carbonyl (C=O) groups is 2. The van der Waals surface area contributed by atoms with Gasteiger partial charge in [-0.25, -0.2) is 9.59 Å². The lowest BCUT2D eigenvalue weighted by molar-refractivity contribution is -0.136. The Morgan fingerprint density at radius 1 is 0.970 bits per heavy atom. The minimum atomic E-state index is -1.10. The molecule has 33 heavy (non-hydrogen) atoms. The molecule has 0 unspecified atom stereocenters. The quantitative estimate of drug-likeness (QED) is 0.328. The second kappa shape index (κ2) is 11.0. The van der Waals surface area contributed by atoms with Crippen LogP contribution in [0.4, 0.5) is 16.2 Å². The van der Waals surface area contributed by atoms with E-state index in [1.807, 2.05) is 72.8 Å². The van der Waals surface area contributed by atoms with E-state index < -0.39 is 5.97 Å². The largest absolute Gasteiger partial charge is 0.487 e. The molecule has 0 radical (unpaired) electrons. The Labute approximate surface area is 194 Å². The number of rotatable bonds is 8. The molecule has 0 aliphatic carbocycles. The fourth-order valence-corrected chi connectivity index (χ4v) is 3.29. The van der Waals surface area contributed by atoms with Crippen molar-refractivity contribution in [3.05, 3.63) is 89.7 Å². The third kappa shape index (κ3) is 6.23. The number of carboxylic acid groups (broad SMARTS) is 1. The monoisotopic (exact) mass is 444 g/mol. The minimum absolute atomic E-state index is 0.0933. The fourth-order valence-electron chi connectivity index (χ4n) is 3.29. The maximum atomic E-state index is 12.7. The van der Waals surface area contributed by atoms with E-state index in [9.17, 15) is 14.7 Å². The van der Waals surface area contributed by atoms with Crippen LogP contribution in [0, 0.1) is 0 Å². The van der Waals surface area contributed by atoms with E-state index in [1.165, 1.54) is 11.6 Å². The van der Waals surface area contributed by atoms with Crippen LogP contribution in [-0.4, -0.2) is 30.8 Å². The third-order valence-electron chi connectivity index (χ3n) is 5.20. The van der Waals surface area contributed by atoms with Gasteiger partial charge in [-0.05, 0) is 65.9 Å². The second-order valence-electron chi connectivity index (χ2n) is 7.46. The lowest BCUT2D eigenvalue weighted by atomic mass is 10.0. The van der Waals surface area contributed by atoms with Gasteiger partial charge in [0.25, 0.3) is 0 Å². The molecule has 0 heterocycles. The molecule has 0 atom stereocenters. The predicted octanol–water partition coefficient (Wildman–Crippen LogP) is 6.05. The molecule has 0 spiro atoms. The molecule has 0 aliphatic heterocycles. The highest BCUT2D eigenvalue weighted by Crippen LogP contribution is 2.26. The van der Waals surface area contributed by atoms with Gasteiger partial charge in [-0.1, -0.05) is 55.5 Å². The molecule has 2 N–H and O–H groups in total. The topological polar surface area (TPSA) is 78.9 Å². The lowest BCUT2D eigenvalue weighted by Gasteiger charge is -2.19. The van der Waals surface area contributed by atoms with Crippen molar-refractivity contribution < 1.29 is 19.4 Å². The summed E-state index contributed by atoms with van der Waals surface area (Å²) in [5.41, 5.74) is 5.34. The number of anilines is 2. The smallest absolute Gasteiger partial charge is 0.371 e. The number of ether oxygens (including phenoxy) is 1. The van der Waals surface area contributed by atoms with E-state index in [-0.39, 0.29) is 18.4 Å². The zero-order valence-electron chi connectivity index (χ0n) is 19.0. The molecule has 6 nitrogen and oxygen atoms in total. The number of nitrogens with one attached hydrogen (secondary N) is 1. The van der Waals surface area contributed by atoms with Gasteiger partial charge in [0, 0.05) is 18.4 Å². The summed E-state index contributed by atoms with van der Waals surface area (Å²) < 4.78 is 5.16. The first-order chi connectivity index (χ1) is 15.9. The molecule has 3 rings (SSSR count). The van der Waals surface area contributed by atoms with Crippen LogP contribution in [0.5, 0.6) is 0 Å². The Balaban J connectivity index is 1.75. The number of amides is 2. The highest BCUT2D eigenvalue weighted by molar-refractivity contribution is 6.01. The van der Waals surface area contributed by atoms with Crippen LogP contribution in [0.15, 0.2) is 78.6 Å². The zero-order chi connectivity index (χ0) is 23.8. The standard InChI is InChI=1S/C27H28N2O4/c1-4-19-11-15-23(16-12-19)28-27(32)29(3)24-8-6-7-22(18-24)21-13-9-20(10-14-21)17-25(26(30)31)33-5-2/h6-18H,4-5H2,1-3H3,(H,28,32)(H,30,31). The van der Waals surface area contributed by atoms with Gasteiger partial charge in [0.2, 0.25) is 5.76 Å². The Morgan fingerprint density at radius 3 is 2.27 bits per heavy atom. The number of aryl methyl sites for hydroxylation is 1. The molecule has 2 amide bonds. The SMILES string of the molecule is CCOC(=Cc1ccc(-c2cccc(N(C)C(=O)Nc3ccc(CC)cc3)c2)cc1)C(=O)O. The summed E-state index contributed by atoms with van der Waals surface area (Å²) in [4.78, 5) is 25.5. The first-order valence-corrected chi connectivity index (χ1v) is 10.8. The molecular weight excluding hydrogens is 416 g/mol.